The molecule has 0 aliphatic carbocycles. The van der Waals surface area contributed by atoms with E-state index in [1.807, 2.05) is 0 Å². The van der Waals surface area contributed by atoms with Crippen LogP contribution in [0.4, 0.5) is 0 Å². The van der Waals surface area contributed by atoms with Crippen LogP contribution in [0, 0.1) is 0 Å². The third kappa shape index (κ3) is 2.95. The van der Waals surface area contributed by atoms with Crippen LogP contribution in [0.25, 0.3) is 0 Å². The molecule has 0 saturated carbocycles. The van der Waals surface area contributed by atoms with Crippen LogP contribution in [-0.2, 0) is 0 Å². The molecule has 0 saturated heterocycles. The number of halogens is 2. The molecule has 0 spiro atoms. The predicted molar refractivity (Wildman–Crippen MR) is 77.1 cm³/mol. The first-order chi connectivity index (χ1) is 8.58. The Morgan fingerprint density at radius 2 is 2.06 bits per heavy atom. The minimum atomic E-state index is 0.115. The lowest BCUT2D eigenvalue weighted by atomic mass is 10.3. The highest BCUT2D eigenvalue weighted by Gasteiger charge is 2.12. The van der Waals surface area contributed by atoms with E-state index in [2.05, 4.69) is 25.9 Å². The van der Waals surface area contributed by atoms with E-state index >= 15 is 0 Å². The summed E-state index contributed by atoms with van der Waals surface area (Å²) in [4.78, 5) is 8.17. The zero-order chi connectivity index (χ0) is 13.1. The number of hydrogen-bond donors (Lipinski definition) is 1. The van der Waals surface area contributed by atoms with E-state index in [1.165, 1.54) is 12.4 Å². The van der Waals surface area contributed by atoms with Crippen LogP contribution in [0.1, 0.15) is 5.69 Å². The zero-order valence-corrected chi connectivity index (χ0v) is 12.1. The van der Waals surface area contributed by atoms with Gasteiger partial charge < -0.3 is 10.5 Å². The molecule has 4 nitrogen and oxygen atoms in total. The van der Waals surface area contributed by atoms with Gasteiger partial charge in [-0.15, -0.1) is 0 Å². The van der Waals surface area contributed by atoms with Crippen molar-refractivity contribution < 1.29 is 4.74 Å². The Hall–Kier alpha value is -1.24. The summed E-state index contributed by atoms with van der Waals surface area (Å²) in [5.41, 5.74) is 5.87. The molecule has 0 aliphatic rings. The zero-order valence-electron chi connectivity index (χ0n) is 8.93. The van der Waals surface area contributed by atoms with Crippen molar-refractivity contribution >= 4 is 44.7 Å². The first-order valence-electron chi connectivity index (χ1n) is 4.81. The Kier molecular flexibility index (Phi) is 4.11. The Bertz CT molecular complexity index is 609. The number of aromatic nitrogens is 2. The number of benzene rings is 1. The minimum Gasteiger partial charge on any atom is -0.435 e. The molecule has 0 unspecified atom stereocenters. The second-order valence-corrected chi connectivity index (χ2v) is 5.01. The summed E-state index contributed by atoms with van der Waals surface area (Å²) in [5.74, 6) is 0.675. The normalized spacial score (nSPS) is 10.1. The van der Waals surface area contributed by atoms with Gasteiger partial charge in [0.15, 0.2) is 5.69 Å². The van der Waals surface area contributed by atoms with Gasteiger partial charge in [0.05, 0.1) is 5.02 Å². The molecule has 0 atom stereocenters. The van der Waals surface area contributed by atoms with Gasteiger partial charge in [0.1, 0.15) is 10.7 Å². The smallest absolute Gasteiger partial charge is 0.248 e. The second kappa shape index (κ2) is 5.60. The van der Waals surface area contributed by atoms with Crippen molar-refractivity contribution in [3.8, 4) is 11.6 Å². The minimum absolute atomic E-state index is 0.115. The van der Waals surface area contributed by atoms with Crippen LogP contribution in [0.15, 0.2) is 35.1 Å². The molecule has 92 valence electrons. The molecule has 0 radical (unpaired) electrons. The Morgan fingerprint density at radius 1 is 1.33 bits per heavy atom. The molecule has 18 heavy (non-hydrogen) atoms. The van der Waals surface area contributed by atoms with E-state index in [4.69, 9.17) is 34.3 Å². The Labute approximate surface area is 122 Å². The highest BCUT2D eigenvalue weighted by atomic mass is 79.9. The van der Waals surface area contributed by atoms with E-state index < -0.39 is 0 Å². The second-order valence-electron chi connectivity index (χ2n) is 3.25. The fourth-order valence-electron chi connectivity index (χ4n) is 1.23. The number of rotatable bonds is 3. The van der Waals surface area contributed by atoms with Crippen LogP contribution in [0.3, 0.4) is 0 Å². The summed E-state index contributed by atoms with van der Waals surface area (Å²) in [7, 11) is 0. The quantitative estimate of drug-likeness (QED) is 0.866. The van der Waals surface area contributed by atoms with Gasteiger partial charge in [-0.25, -0.2) is 9.97 Å². The summed E-state index contributed by atoms with van der Waals surface area (Å²) < 4.78 is 6.42. The maximum Gasteiger partial charge on any atom is 0.248 e. The lowest BCUT2D eigenvalue weighted by Crippen LogP contribution is -2.13. The number of thiocarbonyl (C=S) groups is 1. The molecular weight excluding hydrogens is 338 g/mol. The SMILES string of the molecule is NC(=S)c1nccnc1Oc1cc(Br)ccc1Cl. The molecular formula is C11H7BrClN3OS. The summed E-state index contributed by atoms with van der Waals surface area (Å²) in [6.45, 7) is 0. The monoisotopic (exact) mass is 343 g/mol. The molecule has 1 heterocycles. The number of hydrogen-bond acceptors (Lipinski definition) is 4. The van der Waals surface area contributed by atoms with Gasteiger partial charge in [0.25, 0.3) is 0 Å². The van der Waals surface area contributed by atoms with Crippen molar-refractivity contribution in [1.82, 2.24) is 9.97 Å². The third-order valence-electron chi connectivity index (χ3n) is 2.00. The van der Waals surface area contributed by atoms with E-state index in [9.17, 15) is 0 Å². The molecule has 1 aromatic carbocycles. The number of nitrogens with two attached hydrogens (primary N) is 1. The van der Waals surface area contributed by atoms with Gasteiger partial charge in [-0.2, -0.15) is 0 Å². The topological polar surface area (TPSA) is 61.0 Å². The molecule has 2 N–H and O–H groups in total. The van der Waals surface area contributed by atoms with E-state index in [-0.39, 0.29) is 10.9 Å². The Balaban J connectivity index is 2.40. The average Bonchev–Trinajstić information content (AvgIpc) is 2.34. The average molecular weight is 345 g/mol. The van der Waals surface area contributed by atoms with Crippen molar-refractivity contribution in [2.45, 2.75) is 0 Å². The third-order valence-corrected chi connectivity index (χ3v) is 3.00. The first kappa shape index (κ1) is 13.2. The van der Waals surface area contributed by atoms with Crippen molar-refractivity contribution in [2.24, 2.45) is 5.73 Å². The maximum absolute atomic E-state index is 6.02. The summed E-state index contributed by atoms with van der Waals surface area (Å²) in [6, 6.07) is 5.23. The molecule has 0 amide bonds. The molecule has 7 heteroatoms. The summed E-state index contributed by atoms with van der Waals surface area (Å²) in [6.07, 6.45) is 2.98. The molecule has 1 aromatic heterocycles. The standard InChI is InChI=1S/C11H7BrClN3OS/c12-6-1-2-7(13)8(5-6)17-11-9(10(14)18)15-3-4-16-11/h1-5H,(H2,14,18). The summed E-state index contributed by atoms with van der Waals surface area (Å²) >= 11 is 14.2. The lowest BCUT2D eigenvalue weighted by Gasteiger charge is -2.09. The van der Waals surface area contributed by atoms with E-state index in [0.29, 0.717) is 16.5 Å². The molecule has 0 bridgehead atoms. The lowest BCUT2D eigenvalue weighted by molar-refractivity contribution is 0.459. The Morgan fingerprint density at radius 3 is 2.78 bits per heavy atom. The van der Waals surface area contributed by atoms with Gasteiger partial charge in [-0.1, -0.05) is 39.7 Å². The van der Waals surface area contributed by atoms with Gasteiger partial charge in [0, 0.05) is 16.9 Å². The van der Waals surface area contributed by atoms with Crippen LogP contribution >= 0.6 is 39.7 Å². The fourth-order valence-corrected chi connectivity index (χ4v) is 1.86. The van der Waals surface area contributed by atoms with Gasteiger partial charge >= 0.3 is 0 Å². The van der Waals surface area contributed by atoms with Gasteiger partial charge in [-0.05, 0) is 18.2 Å². The molecule has 0 fully saturated rings. The van der Waals surface area contributed by atoms with Crippen molar-refractivity contribution in [1.29, 1.82) is 0 Å². The van der Waals surface area contributed by atoms with Crippen LogP contribution in [0.2, 0.25) is 5.02 Å². The predicted octanol–water partition coefficient (Wildman–Crippen LogP) is 3.32. The van der Waals surface area contributed by atoms with E-state index in [1.54, 1.807) is 18.2 Å². The number of nitrogens with zero attached hydrogens (tertiary/aromatic N) is 2. The fraction of sp³-hybridized carbons (Fsp3) is 0. The molecule has 0 aliphatic heterocycles. The van der Waals surface area contributed by atoms with Crippen molar-refractivity contribution in [3.63, 3.8) is 0 Å². The van der Waals surface area contributed by atoms with Gasteiger partial charge in [-0.3, -0.25) is 0 Å². The highest BCUT2D eigenvalue weighted by Crippen LogP contribution is 2.31. The highest BCUT2D eigenvalue weighted by molar-refractivity contribution is 9.10. The van der Waals surface area contributed by atoms with E-state index in [0.717, 1.165) is 4.47 Å². The first-order valence-corrected chi connectivity index (χ1v) is 6.39. The van der Waals surface area contributed by atoms with Crippen LogP contribution in [-0.4, -0.2) is 15.0 Å². The van der Waals surface area contributed by atoms with Crippen LogP contribution in [0.5, 0.6) is 11.6 Å². The van der Waals surface area contributed by atoms with Crippen LogP contribution < -0.4 is 10.5 Å². The van der Waals surface area contributed by atoms with Gasteiger partial charge in [0.2, 0.25) is 5.88 Å². The maximum atomic E-state index is 6.02. The molecule has 2 rings (SSSR count). The van der Waals surface area contributed by atoms with Crippen molar-refractivity contribution in [2.75, 3.05) is 0 Å². The van der Waals surface area contributed by atoms with Crippen molar-refractivity contribution in [3.05, 3.63) is 45.8 Å². The largest absolute Gasteiger partial charge is 0.435 e. The molecule has 2 aromatic rings. The number of ether oxygens (including phenoxy) is 1. The summed E-state index contributed by atoms with van der Waals surface area (Å²) in [5, 5.41) is 0.456.